The number of para-hydroxylation sites is 1. The van der Waals surface area contributed by atoms with Gasteiger partial charge in [0.25, 0.3) is 10.0 Å². The molecule has 0 saturated carbocycles. The zero-order valence-corrected chi connectivity index (χ0v) is 13.6. The lowest BCUT2D eigenvalue weighted by atomic mass is 10.2. The van der Waals surface area contributed by atoms with Crippen LogP contribution in [-0.2, 0) is 10.0 Å². The number of thiazole rings is 1. The van der Waals surface area contributed by atoms with Crippen LogP contribution in [0.2, 0.25) is 0 Å². The first-order valence-corrected chi connectivity index (χ1v) is 8.82. The van der Waals surface area contributed by atoms with E-state index in [0.29, 0.717) is 5.13 Å². The Hall–Kier alpha value is -1.99. The van der Waals surface area contributed by atoms with Crippen molar-refractivity contribution >= 4 is 36.7 Å². The van der Waals surface area contributed by atoms with Crippen molar-refractivity contribution in [3.05, 3.63) is 53.3 Å². The fourth-order valence-electron chi connectivity index (χ4n) is 2.09. The standard InChI is InChI=1S/C15H13FN2O2S2/c1-9-4-3-5-13-14(9)17-15(21-13)18-22(19,20)11-6-7-12(16)10(2)8-11/h3-8H,1-2H3,(H,17,18). The number of halogens is 1. The maximum atomic E-state index is 13.3. The molecule has 0 fully saturated rings. The predicted molar refractivity (Wildman–Crippen MR) is 86.3 cm³/mol. The van der Waals surface area contributed by atoms with Crippen LogP contribution in [0.5, 0.6) is 0 Å². The van der Waals surface area contributed by atoms with Gasteiger partial charge in [-0.25, -0.2) is 17.8 Å². The zero-order valence-electron chi connectivity index (χ0n) is 11.9. The smallest absolute Gasteiger partial charge is 0.255 e. The lowest BCUT2D eigenvalue weighted by Crippen LogP contribution is -2.13. The van der Waals surface area contributed by atoms with Crippen LogP contribution in [0.25, 0.3) is 10.2 Å². The van der Waals surface area contributed by atoms with Crippen molar-refractivity contribution in [3.8, 4) is 0 Å². The molecule has 22 heavy (non-hydrogen) atoms. The van der Waals surface area contributed by atoms with E-state index >= 15 is 0 Å². The molecular weight excluding hydrogens is 323 g/mol. The van der Waals surface area contributed by atoms with Crippen molar-refractivity contribution < 1.29 is 12.8 Å². The van der Waals surface area contributed by atoms with Crippen LogP contribution >= 0.6 is 11.3 Å². The van der Waals surface area contributed by atoms with Crippen LogP contribution in [0.3, 0.4) is 0 Å². The number of sulfonamides is 1. The van der Waals surface area contributed by atoms with E-state index in [0.717, 1.165) is 21.8 Å². The molecule has 0 aliphatic heterocycles. The van der Waals surface area contributed by atoms with E-state index in [1.165, 1.54) is 30.4 Å². The summed E-state index contributed by atoms with van der Waals surface area (Å²) in [5, 5.41) is 0.297. The molecule has 4 nitrogen and oxygen atoms in total. The molecule has 0 spiro atoms. The Bertz CT molecular complexity index is 965. The fraction of sp³-hybridized carbons (Fsp3) is 0.133. The molecule has 0 radical (unpaired) electrons. The summed E-state index contributed by atoms with van der Waals surface area (Å²) in [6.45, 7) is 3.44. The summed E-state index contributed by atoms with van der Waals surface area (Å²) in [5.41, 5.74) is 2.04. The van der Waals surface area contributed by atoms with Gasteiger partial charge in [-0.1, -0.05) is 23.5 Å². The number of nitrogens with one attached hydrogen (secondary N) is 1. The van der Waals surface area contributed by atoms with Gasteiger partial charge >= 0.3 is 0 Å². The van der Waals surface area contributed by atoms with Crippen LogP contribution in [-0.4, -0.2) is 13.4 Å². The highest BCUT2D eigenvalue weighted by molar-refractivity contribution is 7.93. The molecule has 114 valence electrons. The van der Waals surface area contributed by atoms with Gasteiger partial charge < -0.3 is 0 Å². The maximum absolute atomic E-state index is 13.3. The molecule has 3 rings (SSSR count). The number of aryl methyl sites for hydroxylation is 2. The van der Waals surface area contributed by atoms with Crippen LogP contribution in [0.15, 0.2) is 41.3 Å². The number of aromatic nitrogens is 1. The molecule has 7 heteroatoms. The third-order valence-electron chi connectivity index (χ3n) is 3.28. The van der Waals surface area contributed by atoms with Gasteiger partial charge in [0, 0.05) is 0 Å². The highest BCUT2D eigenvalue weighted by atomic mass is 32.2. The predicted octanol–water partition coefficient (Wildman–Crippen LogP) is 3.85. The second-order valence-electron chi connectivity index (χ2n) is 4.96. The van der Waals surface area contributed by atoms with Gasteiger partial charge in [0.2, 0.25) is 0 Å². The summed E-state index contributed by atoms with van der Waals surface area (Å²) >= 11 is 1.26. The van der Waals surface area contributed by atoms with Crippen LogP contribution in [0.1, 0.15) is 11.1 Å². The topological polar surface area (TPSA) is 59.1 Å². The first-order valence-electron chi connectivity index (χ1n) is 6.52. The molecule has 0 amide bonds. The minimum Gasteiger partial charge on any atom is -0.255 e. The Morgan fingerprint density at radius 2 is 1.91 bits per heavy atom. The molecule has 0 saturated heterocycles. The summed E-state index contributed by atoms with van der Waals surface area (Å²) in [6, 6.07) is 9.40. The quantitative estimate of drug-likeness (QED) is 0.790. The second kappa shape index (κ2) is 5.33. The number of rotatable bonds is 3. The molecule has 1 N–H and O–H groups in total. The lowest BCUT2D eigenvalue weighted by Gasteiger charge is -2.06. The summed E-state index contributed by atoms with van der Waals surface area (Å²) in [4.78, 5) is 4.33. The Morgan fingerprint density at radius 3 is 2.59 bits per heavy atom. The van der Waals surface area contributed by atoms with Gasteiger partial charge in [-0.3, -0.25) is 4.72 Å². The molecule has 1 aromatic heterocycles. The first-order chi connectivity index (χ1) is 10.4. The average Bonchev–Trinajstić information content (AvgIpc) is 2.85. The van der Waals surface area contributed by atoms with Crippen molar-refractivity contribution in [3.63, 3.8) is 0 Å². The van der Waals surface area contributed by atoms with Gasteiger partial charge in [0.05, 0.1) is 15.1 Å². The highest BCUT2D eigenvalue weighted by Gasteiger charge is 2.18. The first kappa shape index (κ1) is 14.9. The van der Waals surface area contributed by atoms with Crippen molar-refractivity contribution in [2.45, 2.75) is 18.7 Å². The molecule has 0 aliphatic carbocycles. The van der Waals surface area contributed by atoms with E-state index < -0.39 is 15.8 Å². The molecule has 2 aromatic carbocycles. The molecule has 1 heterocycles. The van der Waals surface area contributed by atoms with Crippen molar-refractivity contribution in [1.29, 1.82) is 0 Å². The van der Waals surface area contributed by atoms with Gasteiger partial charge in [0.15, 0.2) is 5.13 Å². The van der Waals surface area contributed by atoms with Crippen molar-refractivity contribution in [2.75, 3.05) is 4.72 Å². The lowest BCUT2D eigenvalue weighted by molar-refractivity contribution is 0.598. The van der Waals surface area contributed by atoms with Gasteiger partial charge in [-0.15, -0.1) is 0 Å². The van der Waals surface area contributed by atoms with E-state index in [2.05, 4.69) is 9.71 Å². The summed E-state index contributed by atoms with van der Waals surface area (Å²) in [7, 11) is -3.78. The number of hydrogen-bond donors (Lipinski definition) is 1. The van der Waals surface area contributed by atoms with E-state index in [4.69, 9.17) is 0 Å². The maximum Gasteiger partial charge on any atom is 0.263 e. The second-order valence-corrected chi connectivity index (χ2v) is 7.67. The number of anilines is 1. The Labute approximate surface area is 131 Å². The highest BCUT2D eigenvalue weighted by Crippen LogP contribution is 2.29. The van der Waals surface area contributed by atoms with Gasteiger partial charge in [0.1, 0.15) is 5.82 Å². The molecule has 0 bridgehead atoms. The number of benzene rings is 2. The van der Waals surface area contributed by atoms with Crippen molar-refractivity contribution in [1.82, 2.24) is 4.98 Å². The minimum atomic E-state index is -3.78. The molecule has 0 atom stereocenters. The van der Waals surface area contributed by atoms with E-state index in [1.54, 1.807) is 0 Å². The molecule has 0 unspecified atom stereocenters. The normalized spacial score (nSPS) is 11.8. The van der Waals surface area contributed by atoms with Crippen molar-refractivity contribution in [2.24, 2.45) is 0 Å². The molecular formula is C15H13FN2O2S2. The zero-order chi connectivity index (χ0) is 15.9. The fourth-order valence-corrected chi connectivity index (χ4v) is 4.35. The Kier molecular flexibility index (Phi) is 3.62. The molecule has 3 aromatic rings. The van der Waals surface area contributed by atoms with Crippen LogP contribution in [0.4, 0.5) is 9.52 Å². The van der Waals surface area contributed by atoms with E-state index in [1.807, 2.05) is 25.1 Å². The number of nitrogens with zero attached hydrogens (tertiary/aromatic N) is 1. The minimum absolute atomic E-state index is 0.0161. The summed E-state index contributed by atoms with van der Waals surface area (Å²) < 4.78 is 41.4. The Balaban J connectivity index is 1.99. The van der Waals surface area contributed by atoms with Crippen LogP contribution < -0.4 is 4.72 Å². The Morgan fingerprint density at radius 1 is 1.14 bits per heavy atom. The van der Waals surface area contributed by atoms with Gasteiger partial charge in [-0.05, 0) is 49.2 Å². The third-order valence-corrected chi connectivity index (χ3v) is 5.68. The molecule has 0 aliphatic rings. The average molecular weight is 336 g/mol. The number of fused-ring (bicyclic) bond motifs is 1. The van der Waals surface area contributed by atoms with Gasteiger partial charge in [-0.2, -0.15) is 0 Å². The van der Waals surface area contributed by atoms with Crippen LogP contribution in [0, 0.1) is 19.7 Å². The summed E-state index contributed by atoms with van der Waals surface area (Å²) in [6.07, 6.45) is 0. The number of hydrogen-bond acceptors (Lipinski definition) is 4. The monoisotopic (exact) mass is 336 g/mol. The largest absolute Gasteiger partial charge is 0.263 e. The van der Waals surface area contributed by atoms with E-state index in [-0.39, 0.29) is 10.5 Å². The third kappa shape index (κ3) is 2.69. The summed E-state index contributed by atoms with van der Waals surface area (Å²) in [5.74, 6) is -0.436. The SMILES string of the molecule is Cc1cc(S(=O)(=O)Nc2nc3c(C)cccc3s2)ccc1F. The van der Waals surface area contributed by atoms with E-state index in [9.17, 15) is 12.8 Å².